The van der Waals surface area contributed by atoms with Gasteiger partial charge in [-0.3, -0.25) is 9.59 Å². The van der Waals surface area contributed by atoms with Gasteiger partial charge < -0.3 is 20.1 Å². The van der Waals surface area contributed by atoms with E-state index in [0.29, 0.717) is 28.6 Å². The minimum Gasteiger partial charge on any atom is -0.494 e. The van der Waals surface area contributed by atoms with E-state index in [1.54, 1.807) is 54.6 Å². The quantitative estimate of drug-likeness (QED) is 0.502. The largest absolute Gasteiger partial charge is 0.494 e. The zero-order valence-corrected chi connectivity index (χ0v) is 17.9. The average molecular weight is 439 g/mol. The van der Waals surface area contributed by atoms with Crippen molar-refractivity contribution in [3.05, 3.63) is 76.5 Å². The number of benzene rings is 2. The van der Waals surface area contributed by atoms with E-state index in [9.17, 15) is 14.4 Å². The smallest absolute Gasteiger partial charge is 0.338 e. The third-order valence-corrected chi connectivity index (χ3v) is 5.06. The van der Waals surface area contributed by atoms with Crippen molar-refractivity contribution >= 4 is 40.5 Å². The van der Waals surface area contributed by atoms with Crippen LogP contribution in [0.1, 0.15) is 33.9 Å². The highest BCUT2D eigenvalue weighted by molar-refractivity contribution is 7.12. The van der Waals surface area contributed by atoms with Crippen LogP contribution in [-0.4, -0.2) is 30.5 Å². The number of esters is 1. The first-order chi connectivity index (χ1) is 15.0. The standard InChI is InChI=1S/C23H22N2O5S/c1-3-29-19-11-9-17(10-12-19)24-21(26)15(2)30-23(28)16-6-4-7-18(14-16)25-22(27)20-8-5-13-31-20/h4-15H,3H2,1-2H3,(H,24,26)(H,25,27). The molecule has 2 N–H and O–H groups in total. The average Bonchev–Trinajstić information content (AvgIpc) is 3.30. The summed E-state index contributed by atoms with van der Waals surface area (Å²) in [7, 11) is 0. The van der Waals surface area contributed by atoms with Crippen LogP contribution in [0.3, 0.4) is 0 Å². The van der Waals surface area contributed by atoms with Gasteiger partial charge in [0.1, 0.15) is 5.75 Å². The van der Waals surface area contributed by atoms with Crippen molar-refractivity contribution in [3.63, 3.8) is 0 Å². The van der Waals surface area contributed by atoms with Crippen LogP contribution in [0.4, 0.5) is 11.4 Å². The topological polar surface area (TPSA) is 93.7 Å². The molecular weight excluding hydrogens is 416 g/mol. The van der Waals surface area contributed by atoms with Crippen LogP contribution in [0, 0.1) is 0 Å². The predicted octanol–water partition coefficient (Wildman–Crippen LogP) is 4.58. The monoisotopic (exact) mass is 438 g/mol. The van der Waals surface area contributed by atoms with Crippen LogP contribution in [0.5, 0.6) is 5.75 Å². The normalized spacial score (nSPS) is 11.3. The number of rotatable bonds is 8. The van der Waals surface area contributed by atoms with Crippen molar-refractivity contribution in [2.75, 3.05) is 17.2 Å². The second-order valence-corrected chi connectivity index (χ2v) is 7.45. The molecule has 0 spiro atoms. The van der Waals surface area contributed by atoms with Crippen LogP contribution in [-0.2, 0) is 9.53 Å². The zero-order valence-electron chi connectivity index (χ0n) is 17.1. The van der Waals surface area contributed by atoms with Gasteiger partial charge in [0, 0.05) is 11.4 Å². The molecule has 2 aromatic carbocycles. The number of carbonyl (C=O) groups excluding carboxylic acids is 3. The lowest BCUT2D eigenvalue weighted by Crippen LogP contribution is -2.30. The molecule has 3 aromatic rings. The molecule has 2 amide bonds. The maximum Gasteiger partial charge on any atom is 0.338 e. The first-order valence-corrected chi connectivity index (χ1v) is 10.5. The molecule has 0 bridgehead atoms. The third-order valence-electron chi connectivity index (χ3n) is 4.19. The van der Waals surface area contributed by atoms with Gasteiger partial charge in [-0.1, -0.05) is 12.1 Å². The highest BCUT2D eigenvalue weighted by Gasteiger charge is 2.19. The molecule has 160 valence electrons. The van der Waals surface area contributed by atoms with Crippen molar-refractivity contribution in [2.45, 2.75) is 20.0 Å². The Balaban J connectivity index is 1.57. The number of anilines is 2. The molecule has 0 aliphatic carbocycles. The molecule has 3 rings (SSSR count). The maximum absolute atomic E-state index is 12.5. The fourth-order valence-electron chi connectivity index (χ4n) is 2.65. The lowest BCUT2D eigenvalue weighted by atomic mass is 10.2. The molecule has 0 aliphatic rings. The maximum atomic E-state index is 12.5. The second kappa shape index (κ2) is 10.4. The SMILES string of the molecule is CCOc1ccc(NC(=O)C(C)OC(=O)c2cccc(NC(=O)c3cccs3)c2)cc1. The second-order valence-electron chi connectivity index (χ2n) is 6.51. The van der Waals surface area contributed by atoms with Crippen molar-refractivity contribution < 1.29 is 23.9 Å². The van der Waals surface area contributed by atoms with Crippen LogP contribution < -0.4 is 15.4 Å². The molecule has 1 heterocycles. The van der Waals surface area contributed by atoms with Gasteiger partial charge in [0.05, 0.1) is 17.0 Å². The first-order valence-electron chi connectivity index (χ1n) is 9.66. The zero-order chi connectivity index (χ0) is 22.2. The fourth-order valence-corrected chi connectivity index (χ4v) is 3.27. The lowest BCUT2D eigenvalue weighted by molar-refractivity contribution is -0.123. The minimum absolute atomic E-state index is 0.227. The molecule has 8 heteroatoms. The van der Waals surface area contributed by atoms with Crippen molar-refractivity contribution in [2.24, 2.45) is 0 Å². The Bertz CT molecular complexity index is 1050. The summed E-state index contributed by atoms with van der Waals surface area (Å²) in [5, 5.41) is 7.24. The molecular formula is C23H22N2O5S. The summed E-state index contributed by atoms with van der Waals surface area (Å²) < 4.78 is 10.6. The molecule has 7 nitrogen and oxygen atoms in total. The van der Waals surface area contributed by atoms with E-state index in [4.69, 9.17) is 9.47 Å². The molecule has 0 radical (unpaired) electrons. The van der Waals surface area contributed by atoms with E-state index >= 15 is 0 Å². The summed E-state index contributed by atoms with van der Waals surface area (Å²) in [4.78, 5) is 37.6. The van der Waals surface area contributed by atoms with E-state index in [1.807, 2.05) is 12.3 Å². The molecule has 1 aromatic heterocycles. The summed E-state index contributed by atoms with van der Waals surface area (Å²) in [5.41, 5.74) is 1.25. The number of ether oxygens (including phenoxy) is 2. The van der Waals surface area contributed by atoms with Gasteiger partial charge in [-0.05, 0) is 67.8 Å². The Morgan fingerprint density at radius 2 is 1.74 bits per heavy atom. The Labute approximate surface area is 184 Å². The number of amides is 2. The Morgan fingerprint density at radius 3 is 2.42 bits per heavy atom. The minimum atomic E-state index is -1.01. The van der Waals surface area contributed by atoms with Crippen molar-refractivity contribution in [1.29, 1.82) is 0 Å². The highest BCUT2D eigenvalue weighted by Crippen LogP contribution is 2.18. The molecule has 1 atom stereocenters. The molecule has 0 aliphatic heterocycles. The molecule has 1 unspecified atom stereocenters. The van der Waals surface area contributed by atoms with Gasteiger partial charge in [0.2, 0.25) is 0 Å². The highest BCUT2D eigenvalue weighted by atomic mass is 32.1. The van der Waals surface area contributed by atoms with Gasteiger partial charge in [0.25, 0.3) is 11.8 Å². The van der Waals surface area contributed by atoms with E-state index in [1.165, 1.54) is 24.3 Å². The third kappa shape index (κ3) is 6.16. The Morgan fingerprint density at radius 1 is 0.968 bits per heavy atom. The molecule has 31 heavy (non-hydrogen) atoms. The molecule has 0 saturated carbocycles. The summed E-state index contributed by atoms with van der Waals surface area (Å²) >= 11 is 1.32. The summed E-state index contributed by atoms with van der Waals surface area (Å²) in [6.45, 7) is 3.93. The van der Waals surface area contributed by atoms with E-state index in [2.05, 4.69) is 10.6 Å². The Kier molecular flexibility index (Phi) is 7.40. The van der Waals surface area contributed by atoms with E-state index < -0.39 is 18.0 Å². The van der Waals surface area contributed by atoms with E-state index in [0.717, 1.165) is 0 Å². The summed E-state index contributed by atoms with van der Waals surface area (Å²) in [6.07, 6.45) is -1.01. The van der Waals surface area contributed by atoms with Crippen LogP contribution in [0.15, 0.2) is 66.0 Å². The number of hydrogen-bond acceptors (Lipinski definition) is 6. The number of nitrogens with one attached hydrogen (secondary N) is 2. The van der Waals surface area contributed by atoms with Gasteiger partial charge >= 0.3 is 5.97 Å². The van der Waals surface area contributed by atoms with Crippen LogP contribution in [0.2, 0.25) is 0 Å². The number of hydrogen-bond donors (Lipinski definition) is 2. The van der Waals surface area contributed by atoms with Crippen LogP contribution >= 0.6 is 11.3 Å². The number of carbonyl (C=O) groups is 3. The molecule has 0 saturated heterocycles. The Hall–Kier alpha value is -3.65. The predicted molar refractivity (Wildman–Crippen MR) is 120 cm³/mol. The van der Waals surface area contributed by atoms with Gasteiger partial charge in [-0.2, -0.15) is 0 Å². The fraction of sp³-hybridized carbons (Fsp3) is 0.174. The van der Waals surface area contributed by atoms with Crippen molar-refractivity contribution in [1.82, 2.24) is 0 Å². The number of thiophene rings is 1. The van der Waals surface area contributed by atoms with E-state index in [-0.39, 0.29) is 11.5 Å². The van der Waals surface area contributed by atoms with Gasteiger partial charge in [-0.25, -0.2) is 4.79 Å². The van der Waals surface area contributed by atoms with Gasteiger partial charge in [0.15, 0.2) is 6.10 Å². The lowest BCUT2D eigenvalue weighted by Gasteiger charge is -2.14. The van der Waals surface area contributed by atoms with Crippen LogP contribution in [0.25, 0.3) is 0 Å². The summed E-state index contributed by atoms with van der Waals surface area (Å²) in [6, 6.07) is 16.8. The molecule has 0 fully saturated rings. The van der Waals surface area contributed by atoms with Gasteiger partial charge in [-0.15, -0.1) is 11.3 Å². The summed E-state index contributed by atoms with van der Waals surface area (Å²) in [5.74, 6) is -0.684. The first kappa shape index (κ1) is 22.0. The van der Waals surface area contributed by atoms with Crippen molar-refractivity contribution in [3.8, 4) is 5.75 Å².